The van der Waals surface area contributed by atoms with Gasteiger partial charge in [-0.2, -0.15) is 0 Å². The Hall–Kier alpha value is -1.57. The second kappa shape index (κ2) is 5.43. The number of hydrogen-bond donors (Lipinski definition) is 1. The maximum Gasteiger partial charge on any atom is 0.165 e. The number of ketones is 1. The molecule has 0 fully saturated rings. The fourth-order valence-electron chi connectivity index (χ4n) is 3.13. The van der Waals surface area contributed by atoms with Gasteiger partial charge in [-0.05, 0) is 36.3 Å². The average molecular weight is 271 g/mol. The zero-order chi connectivity index (χ0) is 14.9. The van der Waals surface area contributed by atoms with Gasteiger partial charge in [0.05, 0.1) is 0 Å². The van der Waals surface area contributed by atoms with Crippen LogP contribution in [-0.2, 0) is 0 Å². The van der Waals surface area contributed by atoms with Crippen LogP contribution < -0.4 is 0 Å². The smallest absolute Gasteiger partial charge is 0.165 e. The number of rotatable bonds is 4. The van der Waals surface area contributed by atoms with Crippen LogP contribution in [0.1, 0.15) is 56.5 Å². The van der Waals surface area contributed by atoms with Crippen LogP contribution in [0.4, 0.5) is 0 Å². The van der Waals surface area contributed by atoms with Crippen molar-refractivity contribution in [3.63, 3.8) is 0 Å². The van der Waals surface area contributed by atoms with Gasteiger partial charge in [0.25, 0.3) is 0 Å². The molecule has 1 heterocycles. The number of hydrogen-bond acceptors (Lipinski definition) is 1. The normalized spacial score (nSPS) is 13.7. The first-order chi connectivity index (χ1) is 9.28. The molecule has 0 aliphatic heterocycles. The highest BCUT2D eigenvalue weighted by molar-refractivity contribution is 6.08. The first-order valence-corrected chi connectivity index (χ1v) is 7.38. The standard InChI is InChI=1S/C18H25NO/c1-12(10-18(3,4)5)9-16(20)14-11-19-15-8-6-7-13(2)17(14)15/h6-8,11-12,19H,9-10H2,1-5H3. The topological polar surface area (TPSA) is 32.9 Å². The minimum absolute atomic E-state index is 0.252. The van der Waals surface area contributed by atoms with Crippen LogP contribution in [0.15, 0.2) is 24.4 Å². The molecule has 0 saturated heterocycles. The largest absolute Gasteiger partial charge is 0.360 e. The van der Waals surface area contributed by atoms with Crippen LogP contribution in [0.25, 0.3) is 10.9 Å². The second-order valence-corrected chi connectivity index (χ2v) is 7.20. The molecule has 0 bridgehead atoms. The lowest BCUT2D eigenvalue weighted by Crippen LogP contribution is -2.14. The van der Waals surface area contributed by atoms with Gasteiger partial charge in [0.1, 0.15) is 0 Å². The minimum Gasteiger partial charge on any atom is -0.360 e. The van der Waals surface area contributed by atoms with Crippen molar-refractivity contribution >= 4 is 16.7 Å². The molecular formula is C18H25NO. The maximum atomic E-state index is 12.5. The van der Waals surface area contributed by atoms with E-state index < -0.39 is 0 Å². The van der Waals surface area contributed by atoms with E-state index in [0.29, 0.717) is 12.3 Å². The van der Waals surface area contributed by atoms with Crippen LogP contribution in [-0.4, -0.2) is 10.8 Å². The van der Waals surface area contributed by atoms with Crippen molar-refractivity contribution in [1.82, 2.24) is 4.98 Å². The lowest BCUT2D eigenvalue weighted by molar-refractivity contribution is 0.0956. The maximum absolute atomic E-state index is 12.5. The van der Waals surface area contributed by atoms with Crippen molar-refractivity contribution in [2.45, 2.75) is 47.5 Å². The number of nitrogens with one attached hydrogen (secondary N) is 1. The second-order valence-electron chi connectivity index (χ2n) is 7.20. The van der Waals surface area contributed by atoms with Crippen molar-refractivity contribution in [3.8, 4) is 0 Å². The highest BCUT2D eigenvalue weighted by Crippen LogP contribution is 2.29. The van der Waals surface area contributed by atoms with E-state index in [1.54, 1.807) is 0 Å². The molecule has 0 aliphatic carbocycles. The highest BCUT2D eigenvalue weighted by atomic mass is 16.1. The van der Waals surface area contributed by atoms with Gasteiger partial charge < -0.3 is 4.98 Å². The molecule has 1 atom stereocenters. The number of fused-ring (bicyclic) bond motifs is 1. The highest BCUT2D eigenvalue weighted by Gasteiger charge is 2.20. The van der Waals surface area contributed by atoms with Crippen molar-refractivity contribution in [2.24, 2.45) is 11.3 Å². The van der Waals surface area contributed by atoms with Crippen LogP contribution in [0.2, 0.25) is 0 Å². The number of Topliss-reactive ketones (excluding diaryl/α,β-unsaturated/α-hetero) is 1. The molecular weight excluding hydrogens is 246 g/mol. The SMILES string of the molecule is Cc1cccc2[nH]cc(C(=O)CC(C)CC(C)(C)C)c12. The molecule has 2 heteroatoms. The van der Waals surface area contributed by atoms with E-state index in [2.05, 4.69) is 45.7 Å². The number of benzene rings is 1. The first-order valence-electron chi connectivity index (χ1n) is 7.38. The molecule has 0 spiro atoms. The first kappa shape index (κ1) is 14.8. The molecule has 1 N–H and O–H groups in total. The van der Waals surface area contributed by atoms with E-state index in [1.165, 1.54) is 0 Å². The number of carbonyl (C=O) groups excluding carboxylic acids is 1. The molecule has 2 nitrogen and oxygen atoms in total. The van der Waals surface area contributed by atoms with Crippen LogP contribution >= 0.6 is 0 Å². The summed E-state index contributed by atoms with van der Waals surface area (Å²) in [5.74, 6) is 0.666. The Balaban J connectivity index is 2.20. The number of aromatic nitrogens is 1. The Bertz CT molecular complexity index is 616. The number of carbonyl (C=O) groups is 1. The van der Waals surface area contributed by atoms with Crippen molar-refractivity contribution in [1.29, 1.82) is 0 Å². The summed E-state index contributed by atoms with van der Waals surface area (Å²) in [4.78, 5) is 15.8. The summed E-state index contributed by atoms with van der Waals surface area (Å²) in [7, 11) is 0. The van der Waals surface area contributed by atoms with E-state index in [0.717, 1.165) is 28.5 Å². The van der Waals surface area contributed by atoms with Gasteiger partial charge >= 0.3 is 0 Å². The summed E-state index contributed by atoms with van der Waals surface area (Å²) in [5.41, 5.74) is 3.33. The summed E-state index contributed by atoms with van der Waals surface area (Å²) in [6.07, 6.45) is 3.56. The third-order valence-corrected chi connectivity index (χ3v) is 3.71. The fourth-order valence-corrected chi connectivity index (χ4v) is 3.13. The minimum atomic E-state index is 0.252. The predicted molar refractivity (Wildman–Crippen MR) is 85.2 cm³/mol. The molecule has 1 aromatic heterocycles. The fraction of sp³-hybridized carbons (Fsp3) is 0.500. The van der Waals surface area contributed by atoms with Crippen molar-refractivity contribution < 1.29 is 4.79 Å². The monoisotopic (exact) mass is 271 g/mol. The zero-order valence-electron chi connectivity index (χ0n) is 13.2. The molecule has 0 aliphatic rings. The Morgan fingerprint density at radius 2 is 2.00 bits per heavy atom. The lowest BCUT2D eigenvalue weighted by atomic mass is 9.83. The predicted octanol–water partition coefficient (Wildman–Crippen LogP) is 5.12. The third-order valence-electron chi connectivity index (χ3n) is 3.71. The van der Waals surface area contributed by atoms with Gasteiger partial charge in [0, 0.05) is 29.1 Å². The van der Waals surface area contributed by atoms with Gasteiger partial charge in [-0.25, -0.2) is 0 Å². The quantitative estimate of drug-likeness (QED) is 0.769. The van der Waals surface area contributed by atoms with Crippen LogP contribution in [0.3, 0.4) is 0 Å². The molecule has 0 amide bonds. The summed E-state index contributed by atoms with van der Waals surface area (Å²) in [6, 6.07) is 6.11. The van der Waals surface area contributed by atoms with Crippen LogP contribution in [0, 0.1) is 18.3 Å². The summed E-state index contributed by atoms with van der Waals surface area (Å²) >= 11 is 0. The van der Waals surface area contributed by atoms with E-state index >= 15 is 0 Å². The van der Waals surface area contributed by atoms with Gasteiger partial charge in [-0.15, -0.1) is 0 Å². The molecule has 1 aromatic carbocycles. The summed E-state index contributed by atoms with van der Waals surface area (Å²) in [5, 5.41) is 1.08. The van der Waals surface area contributed by atoms with Crippen molar-refractivity contribution in [3.05, 3.63) is 35.5 Å². The Morgan fingerprint density at radius 1 is 1.30 bits per heavy atom. The van der Waals surface area contributed by atoms with Gasteiger partial charge in [0.2, 0.25) is 0 Å². The molecule has 1 unspecified atom stereocenters. The van der Waals surface area contributed by atoms with Gasteiger partial charge in [-0.1, -0.05) is 39.8 Å². The average Bonchev–Trinajstić information content (AvgIpc) is 2.71. The third kappa shape index (κ3) is 3.30. The van der Waals surface area contributed by atoms with E-state index in [1.807, 2.05) is 18.3 Å². The Labute approximate surface area is 121 Å². The molecule has 2 rings (SSSR count). The number of aryl methyl sites for hydroxylation is 1. The number of aromatic amines is 1. The lowest BCUT2D eigenvalue weighted by Gasteiger charge is -2.22. The van der Waals surface area contributed by atoms with Crippen LogP contribution in [0.5, 0.6) is 0 Å². The van der Waals surface area contributed by atoms with Gasteiger partial charge in [-0.3, -0.25) is 4.79 Å². The van der Waals surface area contributed by atoms with E-state index in [4.69, 9.17) is 0 Å². The zero-order valence-corrected chi connectivity index (χ0v) is 13.2. The van der Waals surface area contributed by atoms with Crippen molar-refractivity contribution in [2.75, 3.05) is 0 Å². The van der Waals surface area contributed by atoms with Gasteiger partial charge in [0.15, 0.2) is 5.78 Å². The molecule has 108 valence electrons. The Kier molecular flexibility index (Phi) is 4.03. The molecule has 20 heavy (non-hydrogen) atoms. The van der Waals surface area contributed by atoms with E-state index in [-0.39, 0.29) is 11.2 Å². The molecule has 0 radical (unpaired) electrons. The molecule has 0 saturated carbocycles. The van der Waals surface area contributed by atoms with E-state index in [9.17, 15) is 4.79 Å². The summed E-state index contributed by atoms with van der Waals surface area (Å²) in [6.45, 7) is 10.9. The number of H-pyrrole nitrogens is 1. The summed E-state index contributed by atoms with van der Waals surface area (Å²) < 4.78 is 0. The Morgan fingerprint density at radius 3 is 2.65 bits per heavy atom. The molecule has 2 aromatic rings.